The summed E-state index contributed by atoms with van der Waals surface area (Å²) in [6.07, 6.45) is 5.02. The highest BCUT2D eigenvalue weighted by Gasteiger charge is 2.15. The maximum Gasteiger partial charge on any atom is 0.361 e. The molecule has 0 aliphatic rings. The fourth-order valence-corrected chi connectivity index (χ4v) is 1.55. The van der Waals surface area contributed by atoms with E-state index in [2.05, 4.69) is 10.1 Å². The Morgan fingerprint density at radius 3 is 2.83 bits per heavy atom. The number of esters is 1. The second kappa shape index (κ2) is 5.31. The number of nitrogens with two attached hydrogens (primary N) is 1. The molecule has 0 fully saturated rings. The molecule has 18 heavy (non-hydrogen) atoms. The van der Waals surface area contributed by atoms with Gasteiger partial charge < -0.3 is 10.5 Å². The van der Waals surface area contributed by atoms with Crippen LogP contribution in [0.2, 0.25) is 0 Å². The largest absolute Gasteiger partial charge is 0.461 e. The van der Waals surface area contributed by atoms with Crippen molar-refractivity contribution in [3.05, 3.63) is 42.0 Å². The number of carbonyl (C=O) groups excluding carboxylic acids is 1. The van der Waals surface area contributed by atoms with Crippen LogP contribution in [0.15, 0.2) is 30.7 Å². The van der Waals surface area contributed by atoms with E-state index in [0.29, 0.717) is 18.8 Å². The quantitative estimate of drug-likeness (QED) is 0.816. The van der Waals surface area contributed by atoms with Crippen LogP contribution in [-0.2, 0) is 11.3 Å². The van der Waals surface area contributed by atoms with Crippen molar-refractivity contribution in [1.82, 2.24) is 14.8 Å². The van der Waals surface area contributed by atoms with Crippen LogP contribution in [0.5, 0.6) is 0 Å². The summed E-state index contributed by atoms with van der Waals surface area (Å²) in [4.78, 5) is 15.5. The molecule has 0 aromatic carbocycles. The third-order valence-corrected chi connectivity index (χ3v) is 2.35. The van der Waals surface area contributed by atoms with Crippen molar-refractivity contribution in [2.45, 2.75) is 13.5 Å². The van der Waals surface area contributed by atoms with Gasteiger partial charge in [0.2, 0.25) is 0 Å². The standard InChI is InChI=1S/C12H14N4O2/c1-2-18-12(17)11-10(13)8-16(15-11)7-9-3-5-14-6-4-9/h3-6,8H,2,7,13H2,1H3. The van der Waals surface area contributed by atoms with Gasteiger partial charge in [0, 0.05) is 18.6 Å². The maximum absolute atomic E-state index is 11.5. The van der Waals surface area contributed by atoms with E-state index < -0.39 is 5.97 Å². The SMILES string of the molecule is CCOC(=O)c1nn(Cc2ccncc2)cc1N. The van der Waals surface area contributed by atoms with E-state index in [1.807, 2.05) is 12.1 Å². The molecule has 0 unspecified atom stereocenters. The molecule has 2 aromatic rings. The topological polar surface area (TPSA) is 83.0 Å². The highest BCUT2D eigenvalue weighted by atomic mass is 16.5. The molecule has 2 N–H and O–H groups in total. The molecule has 2 rings (SSSR count). The van der Waals surface area contributed by atoms with Crippen molar-refractivity contribution >= 4 is 11.7 Å². The molecule has 0 spiro atoms. The van der Waals surface area contributed by atoms with Gasteiger partial charge in [0.1, 0.15) is 0 Å². The molecule has 2 aromatic heterocycles. The zero-order chi connectivity index (χ0) is 13.0. The summed E-state index contributed by atoms with van der Waals surface area (Å²) in [5.74, 6) is -0.497. The minimum absolute atomic E-state index is 0.158. The number of nitrogen functional groups attached to an aromatic ring is 1. The van der Waals surface area contributed by atoms with Crippen molar-refractivity contribution in [3.63, 3.8) is 0 Å². The minimum atomic E-state index is -0.497. The van der Waals surface area contributed by atoms with Gasteiger partial charge in [-0.1, -0.05) is 0 Å². The highest BCUT2D eigenvalue weighted by Crippen LogP contribution is 2.12. The molecule has 0 amide bonds. The first-order valence-electron chi connectivity index (χ1n) is 5.59. The lowest BCUT2D eigenvalue weighted by molar-refractivity contribution is 0.0519. The first kappa shape index (κ1) is 12.1. The molecular weight excluding hydrogens is 232 g/mol. The number of nitrogens with zero attached hydrogens (tertiary/aromatic N) is 3. The first-order valence-corrected chi connectivity index (χ1v) is 5.59. The molecule has 0 bridgehead atoms. The van der Waals surface area contributed by atoms with Gasteiger partial charge in [-0.2, -0.15) is 5.10 Å². The van der Waals surface area contributed by atoms with Gasteiger partial charge in [-0.05, 0) is 24.6 Å². The number of hydrogen-bond donors (Lipinski definition) is 1. The zero-order valence-electron chi connectivity index (χ0n) is 10.0. The highest BCUT2D eigenvalue weighted by molar-refractivity contribution is 5.92. The summed E-state index contributed by atoms with van der Waals surface area (Å²) in [7, 11) is 0. The van der Waals surface area contributed by atoms with Gasteiger partial charge >= 0.3 is 5.97 Å². The van der Waals surface area contributed by atoms with Gasteiger partial charge in [-0.3, -0.25) is 9.67 Å². The molecule has 0 saturated carbocycles. The minimum Gasteiger partial charge on any atom is -0.461 e. The summed E-state index contributed by atoms with van der Waals surface area (Å²) in [5, 5.41) is 4.12. The molecule has 0 saturated heterocycles. The molecule has 0 aliphatic heterocycles. The van der Waals surface area contributed by atoms with E-state index in [0.717, 1.165) is 5.56 Å². The van der Waals surface area contributed by atoms with Crippen LogP contribution in [-0.4, -0.2) is 27.3 Å². The number of hydrogen-bond acceptors (Lipinski definition) is 5. The van der Waals surface area contributed by atoms with Crippen LogP contribution < -0.4 is 5.73 Å². The number of aromatic nitrogens is 3. The predicted octanol–water partition coefficient (Wildman–Crippen LogP) is 1.09. The monoisotopic (exact) mass is 246 g/mol. The lowest BCUT2D eigenvalue weighted by Crippen LogP contribution is -2.09. The van der Waals surface area contributed by atoms with Crippen LogP contribution in [0.1, 0.15) is 23.0 Å². The van der Waals surface area contributed by atoms with Gasteiger partial charge in [0.15, 0.2) is 5.69 Å². The predicted molar refractivity (Wildman–Crippen MR) is 65.9 cm³/mol. The van der Waals surface area contributed by atoms with Crippen molar-refractivity contribution in [2.24, 2.45) is 0 Å². The van der Waals surface area contributed by atoms with E-state index in [1.165, 1.54) is 0 Å². The fraction of sp³-hybridized carbons (Fsp3) is 0.250. The van der Waals surface area contributed by atoms with Gasteiger partial charge in [0.25, 0.3) is 0 Å². The molecule has 6 heteroatoms. The number of anilines is 1. The Bertz CT molecular complexity index is 536. The van der Waals surface area contributed by atoms with Crippen LogP contribution in [0.3, 0.4) is 0 Å². The van der Waals surface area contributed by atoms with E-state index >= 15 is 0 Å². The molecule has 0 radical (unpaired) electrons. The van der Waals surface area contributed by atoms with Crippen LogP contribution >= 0.6 is 0 Å². The summed E-state index contributed by atoms with van der Waals surface area (Å²) in [5.41, 5.74) is 7.24. The van der Waals surface area contributed by atoms with Gasteiger partial charge in [-0.25, -0.2) is 4.79 Å². The Morgan fingerprint density at radius 2 is 2.17 bits per heavy atom. The summed E-state index contributed by atoms with van der Waals surface area (Å²) in [6, 6.07) is 3.75. The Balaban J connectivity index is 2.16. The van der Waals surface area contributed by atoms with E-state index in [1.54, 1.807) is 30.2 Å². The first-order chi connectivity index (χ1) is 8.70. The van der Waals surface area contributed by atoms with Crippen LogP contribution in [0, 0.1) is 0 Å². The average Bonchev–Trinajstić information content (AvgIpc) is 2.72. The van der Waals surface area contributed by atoms with Crippen LogP contribution in [0.25, 0.3) is 0 Å². The fourth-order valence-electron chi connectivity index (χ4n) is 1.55. The Labute approximate surface area is 104 Å². The molecule has 6 nitrogen and oxygen atoms in total. The number of carbonyl (C=O) groups is 1. The van der Waals surface area contributed by atoms with Crippen molar-refractivity contribution in [1.29, 1.82) is 0 Å². The van der Waals surface area contributed by atoms with Crippen molar-refractivity contribution < 1.29 is 9.53 Å². The summed E-state index contributed by atoms with van der Waals surface area (Å²) >= 11 is 0. The van der Waals surface area contributed by atoms with Gasteiger partial charge in [0.05, 0.1) is 18.8 Å². The smallest absolute Gasteiger partial charge is 0.361 e. The Hall–Kier alpha value is -2.37. The van der Waals surface area contributed by atoms with Gasteiger partial charge in [-0.15, -0.1) is 0 Å². The number of ether oxygens (including phenoxy) is 1. The molecular formula is C12H14N4O2. The normalized spacial score (nSPS) is 10.3. The van der Waals surface area contributed by atoms with Crippen molar-refractivity contribution in [3.8, 4) is 0 Å². The summed E-state index contributed by atoms with van der Waals surface area (Å²) in [6.45, 7) is 2.57. The molecule has 2 heterocycles. The second-order valence-electron chi connectivity index (χ2n) is 3.71. The van der Waals surface area contributed by atoms with E-state index in [9.17, 15) is 4.79 Å². The third-order valence-electron chi connectivity index (χ3n) is 2.35. The number of rotatable bonds is 4. The lowest BCUT2D eigenvalue weighted by Gasteiger charge is -2.00. The molecule has 94 valence electrons. The Morgan fingerprint density at radius 1 is 1.44 bits per heavy atom. The summed E-state index contributed by atoms with van der Waals surface area (Å²) < 4.78 is 6.48. The average molecular weight is 246 g/mol. The maximum atomic E-state index is 11.5. The zero-order valence-corrected chi connectivity index (χ0v) is 10.0. The molecule has 0 atom stereocenters. The number of pyridine rings is 1. The van der Waals surface area contributed by atoms with Crippen molar-refractivity contribution in [2.75, 3.05) is 12.3 Å². The van der Waals surface area contributed by atoms with E-state index in [4.69, 9.17) is 10.5 Å². The van der Waals surface area contributed by atoms with Crippen LogP contribution in [0.4, 0.5) is 5.69 Å². The lowest BCUT2D eigenvalue weighted by atomic mass is 10.3. The Kier molecular flexibility index (Phi) is 3.57. The van der Waals surface area contributed by atoms with E-state index in [-0.39, 0.29) is 5.69 Å². The third kappa shape index (κ3) is 2.65. The second-order valence-corrected chi connectivity index (χ2v) is 3.71. The molecule has 0 aliphatic carbocycles.